The lowest BCUT2D eigenvalue weighted by Crippen LogP contribution is -2.41. The third kappa shape index (κ3) is 6.82. The van der Waals surface area contributed by atoms with Crippen LogP contribution in [0.5, 0.6) is 5.75 Å². The van der Waals surface area contributed by atoms with Gasteiger partial charge in [0.1, 0.15) is 5.75 Å². The maximum atomic E-state index is 12.2. The van der Waals surface area contributed by atoms with Gasteiger partial charge in [0, 0.05) is 11.3 Å². The maximum Gasteiger partial charge on any atom is 0.258 e. The smallest absolute Gasteiger partial charge is 0.258 e. The Morgan fingerprint density at radius 3 is 2.06 bits per heavy atom. The molecule has 0 aliphatic heterocycles. The molecule has 32 heavy (non-hydrogen) atoms. The van der Waals surface area contributed by atoms with Crippen molar-refractivity contribution in [2.75, 3.05) is 19.5 Å². The van der Waals surface area contributed by atoms with E-state index in [1.54, 1.807) is 48.5 Å². The first-order valence-electron chi connectivity index (χ1n) is 9.92. The highest BCUT2D eigenvalue weighted by atomic mass is 35.5. The number of halogens is 1. The monoisotopic (exact) mass is 473 g/mol. The molecule has 0 aromatic heterocycles. The van der Waals surface area contributed by atoms with Gasteiger partial charge in [-0.25, -0.2) is 8.42 Å². The van der Waals surface area contributed by atoms with Gasteiger partial charge < -0.3 is 15.2 Å². The molecule has 0 radical (unpaired) electrons. The molecule has 1 atom stereocenters. The van der Waals surface area contributed by atoms with Crippen LogP contribution >= 0.6 is 11.6 Å². The fraction of sp³-hybridized carbons (Fsp3) is 0.208. The molecule has 8 heteroatoms. The second-order valence-corrected chi connectivity index (χ2v) is 9.84. The lowest BCUT2D eigenvalue weighted by molar-refractivity contribution is -0.124. The first-order valence-corrected chi connectivity index (χ1v) is 12.2. The van der Waals surface area contributed by atoms with Crippen LogP contribution in [-0.4, -0.2) is 44.9 Å². The van der Waals surface area contributed by atoms with Crippen LogP contribution < -0.4 is 10.1 Å². The molecule has 0 heterocycles. The molecule has 0 fully saturated rings. The number of hydrogen-bond donors (Lipinski definition) is 2. The van der Waals surface area contributed by atoms with E-state index in [0.717, 1.165) is 16.7 Å². The Morgan fingerprint density at radius 2 is 1.53 bits per heavy atom. The van der Waals surface area contributed by atoms with Crippen LogP contribution in [0.3, 0.4) is 0 Å². The zero-order valence-corrected chi connectivity index (χ0v) is 19.1. The first kappa shape index (κ1) is 23.8. The van der Waals surface area contributed by atoms with Crippen molar-refractivity contribution >= 4 is 27.3 Å². The Hall–Kier alpha value is -2.87. The van der Waals surface area contributed by atoms with Crippen molar-refractivity contribution in [3.8, 4) is 16.9 Å². The quantitative estimate of drug-likeness (QED) is 0.496. The first-order chi connectivity index (χ1) is 15.2. The number of carbonyl (C=O) groups excluding carboxylic acids is 1. The fourth-order valence-electron chi connectivity index (χ4n) is 3.12. The lowest BCUT2D eigenvalue weighted by atomic mass is 10.0. The number of aliphatic hydroxyl groups excluding tert-OH is 1. The highest BCUT2D eigenvalue weighted by molar-refractivity contribution is 7.90. The molecular formula is C24H24ClNO5S. The van der Waals surface area contributed by atoms with Crippen molar-refractivity contribution < 1.29 is 23.1 Å². The summed E-state index contributed by atoms with van der Waals surface area (Å²) >= 11 is 5.82. The SMILES string of the molecule is CS(=O)(=O)c1ccc(-c2ccc(CC(CO)NC(=O)COc3ccc(Cl)cc3)cc2)cc1. The molecule has 1 amide bonds. The third-order valence-electron chi connectivity index (χ3n) is 4.82. The predicted octanol–water partition coefficient (Wildman–Crippen LogP) is 3.51. The Labute approximate surface area is 192 Å². The number of sulfone groups is 1. The van der Waals surface area contributed by atoms with Gasteiger partial charge in [0.15, 0.2) is 16.4 Å². The number of nitrogens with one attached hydrogen (secondary N) is 1. The van der Waals surface area contributed by atoms with Gasteiger partial charge in [0.25, 0.3) is 5.91 Å². The molecule has 168 valence electrons. The Bertz CT molecular complexity index is 1140. The van der Waals surface area contributed by atoms with Crippen molar-refractivity contribution in [3.63, 3.8) is 0 Å². The molecule has 6 nitrogen and oxygen atoms in total. The van der Waals surface area contributed by atoms with Crippen LogP contribution in [-0.2, 0) is 21.1 Å². The maximum absolute atomic E-state index is 12.2. The lowest BCUT2D eigenvalue weighted by Gasteiger charge is -2.17. The van der Waals surface area contributed by atoms with E-state index in [-0.39, 0.29) is 24.0 Å². The van der Waals surface area contributed by atoms with Crippen molar-refractivity contribution in [2.45, 2.75) is 17.4 Å². The minimum Gasteiger partial charge on any atom is -0.484 e. The second kappa shape index (κ2) is 10.6. The molecule has 3 rings (SSSR count). The number of carbonyl (C=O) groups is 1. The van der Waals surface area contributed by atoms with Crippen LogP contribution in [0.2, 0.25) is 5.02 Å². The van der Waals surface area contributed by atoms with E-state index in [0.29, 0.717) is 17.2 Å². The van der Waals surface area contributed by atoms with Crippen LogP contribution in [0, 0.1) is 0 Å². The summed E-state index contributed by atoms with van der Waals surface area (Å²) < 4.78 is 28.6. The summed E-state index contributed by atoms with van der Waals surface area (Å²) in [6, 6.07) is 20.6. The van der Waals surface area contributed by atoms with Gasteiger partial charge in [-0.15, -0.1) is 0 Å². The normalized spacial score (nSPS) is 12.2. The van der Waals surface area contributed by atoms with E-state index in [9.17, 15) is 18.3 Å². The second-order valence-electron chi connectivity index (χ2n) is 7.39. The third-order valence-corrected chi connectivity index (χ3v) is 6.20. The van der Waals surface area contributed by atoms with Gasteiger partial charge in [-0.05, 0) is 59.5 Å². The molecular weight excluding hydrogens is 450 g/mol. The standard InChI is InChI=1S/C24H24ClNO5S/c1-32(29,30)23-12-6-19(7-13-23)18-4-2-17(3-5-18)14-21(15-27)26-24(28)16-31-22-10-8-20(25)9-11-22/h2-13,21,27H,14-16H2,1H3,(H,26,28). The van der Waals surface area contributed by atoms with Crippen LogP contribution in [0.25, 0.3) is 11.1 Å². The molecule has 2 N–H and O–H groups in total. The molecule has 0 saturated heterocycles. The van der Waals surface area contributed by atoms with Gasteiger partial charge in [0.2, 0.25) is 0 Å². The number of benzene rings is 3. The summed E-state index contributed by atoms with van der Waals surface area (Å²) in [5.41, 5.74) is 2.78. The van der Waals surface area contributed by atoms with E-state index < -0.39 is 15.9 Å². The number of ether oxygens (including phenoxy) is 1. The zero-order valence-electron chi connectivity index (χ0n) is 17.5. The van der Waals surface area contributed by atoms with Gasteiger partial charge in [-0.3, -0.25) is 4.79 Å². The van der Waals surface area contributed by atoms with E-state index in [4.69, 9.17) is 16.3 Å². The van der Waals surface area contributed by atoms with Crippen molar-refractivity contribution in [3.05, 3.63) is 83.4 Å². The molecule has 3 aromatic carbocycles. The van der Waals surface area contributed by atoms with Crippen molar-refractivity contribution in [1.29, 1.82) is 0 Å². The summed E-state index contributed by atoms with van der Waals surface area (Å²) in [7, 11) is -3.23. The molecule has 1 unspecified atom stereocenters. The number of aliphatic hydroxyl groups is 1. The fourth-order valence-corrected chi connectivity index (χ4v) is 3.88. The Morgan fingerprint density at radius 1 is 0.969 bits per heavy atom. The van der Waals surface area contributed by atoms with Crippen molar-refractivity contribution in [2.24, 2.45) is 0 Å². The van der Waals surface area contributed by atoms with E-state index >= 15 is 0 Å². The molecule has 3 aromatic rings. The number of rotatable bonds is 9. The minimum atomic E-state index is -3.23. The summed E-state index contributed by atoms with van der Waals surface area (Å²) in [4.78, 5) is 12.4. The largest absolute Gasteiger partial charge is 0.484 e. The van der Waals surface area contributed by atoms with Crippen LogP contribution in [0.1, 0.15) is 5.56 Å². The highest BCUT2D eigenvalue weighted by Gasteiger charge is 2.13. The topological polar surface area (TPSA) is 92.7 Å². The number of hydrogen-bond acceptors (Lipinski definition) is 5. The molecule has 0 aliphatic carbocycles. The average molecular weight is 474 g/mol. The Balaban J connectivity index is 1.55. The summed E-state index contributed by atoms with van der Waals surface area (Å²) in [5.74, 6) is 0.201. The summed E-state index contributed by atoms with van der Waals surface area (Å²) in [6.07, 6.45) is 1.63. The minimum absolute atomic E-state index is 0.166. The molecule has 0 spiro atoms. The number of amides is 1. The zero-order chi connectivity index (χ0) is 23.1. The van der Waals surface area contributed by atoms with Gasteiger partial charge in [-0.1, -0.05) is 48.0 Å². The van der Waals surface area contributed by atoms with E-state index in [1.165, 1.54) is 6.26 Å². The summed E-state index contributed by atoms with van der Waals surface area (Å²) in [5, 5.41) is 13.0. The molecule has 0 aliphatic rings. The van der Waals surface area contributed by atoms with Crippen LogP contribution in [0.15, 0.2) is 77.7 Å². The van der Waals surface area contributed by atoms with Gasteiger partial charge >= 0.3 is 0 Å². The van der Waals surface area contributed by atoms with E-state index in [2.05, 4.69) is 5.32 Å². The van der Waals surface area contributed by atoms with Crippen LogP contribution in [0.4, 0.5) is 0 Å². The summed E-state index contributed by atoms with van der Waals surface area (Å²) in [6.45, 7) is -0.373. The molecule has 0 saturated carbocycles. The predicted molar refractivity (Wildman–Crippen MR) is 125 cm³/mol. The van der Waals surface area contributed by atoms with E-state index in [1.807, 2.05) is 24.3 Å². The Kier molecular flexibility index (Phi) is 7.90. The van der Waals surface area contributed by atoms with Gasteiger partial charge in [-0.2, -0.15) is 0 Å². The molecule has 0 bridgehead atoms. The highest BCUT2D eigenvalue weighted by Crippen LogP contribution is 2.22. The van der Waals surface area contributed by atoms with Crippen molar-refractivity contribution in [1.82, 2.24) is 5.32 Å². The van der Waals surface area contributed by atoms with Gasteiger partial charge in [0.05, 0.1) is 17.5 Å². The average Bonchev–Trinajstić information content (AvgIpc) is 2.78.